The summed E-state index contributed by atoms with van der Waals surface area (Å²) in [5.41, 5.74) is 0. The summed E-state index contributed by atoms with van der Waals surface area (Å²) in [6, 6.07) is 0. The fourth-order valence-corrected chi connectivity index (χ4v) is 0.998. The van der Waals surface area contributed by atoms with E-state index in [1.165, 1.54) is 28.4 Å². The average molecular weight is 266 g/mol. The number of hydrogen-bond donors (Lipinski definition) is 0. The van der Waals surface area contributed by atoms with Crippen molar-refractivity contribution in [3.63, 3.8) is 0 Å². The number of esters is 2. The molecule has 18 heavy (non-hydrogen) atoms. The van der Waals surface area contributed by atoms with Gasteiger partial charge >= 0.3 is 11.9 Å². The molecule has 8 nitrogen and oxygen atoms in total. The quantitative estimate of drug-likeness (QED) is 0.308. The molecule has 0 saturated carbocycles. The van der Waals surface area contributed by atoms with Crippen LogP contribution in [0.15, 0.2) is 0 Å². The highest BCUT2D eigenvalue weighted by molar-refractivity contribution is 5.74. The van der Waals surface area contributed by atoms with Crippen LogP contribution in [0.4, 0.5) is 0 Å². The lowest BCUT2D eigenvalue weighted by atomic mass is 10.6. The van der Waals surface area contributed by atoms with Crippen LogP contribution in [0, 0.1) is 0 Å². The van der Waals surface area contributed by atoms with Gasteiger partial charge in [-0.1, -0.05) is 0 Å². The number of rotatable bonds is 9. The Hall–Kier alpha value is -1.22. The molecule has 0 aliphatic carbocycles. The molecule has 0 aromatic carbocycles. The summed E-state index contributed by atoms with van der Waals surface area (Å²) in [5, 5.41) is 0. The fraction of sp³-hybridized carbons (Fsp3) is 0.800. The van der Waals surface area contributed by atoms with Gasteiger partial charge in [0, 0.05) is 28.4 Å². The highest BCUT2D eigenvalue weighted by Crippen LogP contribution is 1.97. The molecule has 0 N–H and O–H groups in total. The zero-order valence-electron chi connectivity index (χ0n) is 10.8. The van der Waals surface area contributed by atoms with Crippen molar-refractivity contribution in [2.24, 2.45) is 0 Å². The zero-order valence-corrected chi connectivity index (χ0v) is 10.8. The van der Waals surface area contributed by atoms with Crippen LogP contribution < -0.4 is 0 Å². The molecule has 0 unspecified atom stereocenters. The standard InChI is InChI=1S/C10H18O8/c1-13-9(14-2)7(11)17-5-6-18-8(12)10(15-3)16-4/h9-10H,5-6H2,1-4H3. The van der Waals surface area contributed by atoms with Crippen LogP contribution in [0.3, 0.4) is 0 Å². The van der Waals surface area contributed by atoms with Gasteiger partial charge in [0.25, 0.3) is 12.6 Å². The number of carbonyl (C=O) groups is 2. The molecule has 0 spiro atoms. The van der Waals surface area contributed by atoms with Crippen LogP contribution in [0.5, 0.6) is 0 Å². The van der Waals surface area contributed by atoms with Crippen molar-refractivity contribution in [3.05, 3.63) is 0 Å². The third-order valence-corrected chi connectivity index (χ3v) is 1.81. The van der Waals surface area contributed by atoms with Crippen molar-refractivity contribution in [3.8, 4) is 0 Å². The lowest BCUT2D eigenvalue weighted by Crippen LogP contribution is -2.30. The van der Waals surface area contributed by atoms with Gasteiger partial charge in [-0.05, 0) is 0 Å². The lowest BCUT2D eigenvalue weighted by molar-refractivity contribution is -0.191. The minimum absolute atomic E-state index is 0.117. The molecule has 0 heterocycles. The van der Waals surface area contributed by atoms with E-state index in [4.69, 9.17) is 9.47 Å². The predicted molar refractivity (Wildman–Crippen MR) is 57.5 cm³/mol. The zero-order chi connectivity index (χ0) is 14.0. The maximum Gasteiger partial charge on any atom is 0.363 e. The lowest BCUT2D eigenvalue weighted by Gasteiger charge is -2.14. The van der Waals surface area contributed by atoms with Gasteiger partial charge in [-0.2, -0.15) is 0 Å². The molecule has 0 radical (unpaired) electrons. The van der Waals surface area contributed by atoms with E-state index in [0.717, 1.165) is 0 Å². The molecule has 0 bridgehead atoms. The smallest absolute Gasteiger partial charge is 0.363 e. The number of carbonyl (C=O) groups excluding carboxylic acids is 2. The van der Waals surface area contributed by atoms with Crippen LogP contribution >= 0.6 is 0 Å². The summed E-state index contributed by atoms with van der Waals surface area (Å²) in [6.07, 6.45) is -2.18. The molecule has 0 aliphatic rings. The average Bonchev–Trinajstić information content (AvgIpc) is 2.37. The van der Waals surface area contributed by atoms with E-state index in [-0.39, 0.29) is 13.2 Å². The van der Waals surface area contributed by atoms with Crippen molar-refractivity contribution in [2.75, 3.05) is 41.7 Å². The van der Waals surface area contributed by atoms with Gasteiger partial charge in [-0.3, -0.25) is 0 Å². The molecule has 0 aromatic heterocycles. The summed E-state index contributed by atoms with van der Waals surface area (Å²) in [4.78, 5) is 22.5. The molecular weight excluding hydrogens is 248 g/mol. The van der Waals surface area contributed by atoms with Crippen LogP contribution in [0.25, 0.3) is 0 Å². The Morgan fingerprint density at radius 2 is 1.00 bits per heavy atom. The molecular formula is C10H18O8. The molecule has 0 saturated heterocycles. The van der Waals surface area contributed by atoms with E-state index < -0.39 is 24.5 Å². The second-order valence-corrected chi connectivity index (χ2v) is 2.94. The minimum atomic E-state index is -1.09. The number of methoxy groups -OCH3 is 4. The SMILES string of the molecule is COC(OC)C(=O)OCCOC(=O)C(OC)OC. The summed E-state index contributed by atoms with van der Waals surface area (Å²) < 4.78 is 28.1. The van der Waals surface area contributed by atoms with Gasteiger partial charge in [0.05, 0.1) is 0 Å². The van der Waals surface area contributed by atoms with E-state index >= 15 is 0 Å². The van der Waals surface area contributed by atoms with Crippen molar-refractivity contribution in [1.82, 2.24) is 0 Å². The topological polar surface area (TPSA) is 89.5 Å². The molecule has 0 rings (SSSR count). The van der Waals surface area contributed by atoms with E-state index in [1.54, 1.807) is 0 Å². The fourth-order valence-electron chi connectivity index (χ4n) is 0.998. The van der Waals surface area contributed by atoms with Crippen molar-refractivity contribution < 1.29 is 38.0 Å². The maximum absolute atomic E-state index is 11.2. The highest BCUT2D eigenvalue weighted by Gasteiger charge is 2.20. The van der Waals surface area contributed by atoms with E-state index in [1.807, 2.05) is 0 Å². The van der Waals surface area contributed by atoms with Gasteiger partial charge in [-0.15, -0.1) is 0 Å². The molecule has 0 fully saturated rings. The van der Waals surface area contributed by atoms with Crippen molar-refractivity contribution in [1.29, 1.82) is 0 Å². The molecule has 0 aliphatic heterocycles. The summed E-state index contributed by atoms with van der Waals surface area (Å²) in [5.74, 6) is -1.41. The van der Waals surface area contributed by atoms with E-state index in [0.29, 0.717) is 0 Å². The number of ether oxygens (including phenoxy) is 6. The first-order chi connectivity index (χ1) is 8.60. The normalized spacial score (nSPS) is 10.8. The van der Waals surface area contributed by atoms with Gasteiger partial charge < -0.3 is 28.4 Å². The first-order valence-corrected chi connectivity index (χ1v) is 5.05. The Morgan fingerprint density at radius 3 is 1.22 bits per heavy atom. The first kappa shape index (κ1) is 16.8. The van der Waals surface area contributed by atoms with Crippen molar-refractivity contribution >= 4 is 11.9 Å². The molecule has 8 heteroatoms. The Bertz CT molecular complexity index is 220. The predicted octanol–water partition coefficient (Wildman–Crippen LogP) is -0.689. The van der Waals surface area contributed by atoms with E-state index in [9.17, 15) is 9.59 Å². The highest BCUT2D eigenvalue weighted by atomic mass is 16.7. The van der Waals surface area contributed by atoms with Crippen LogP contribution in [0.1, 0.15) is 0 Å². The molecule has 0 amide bonds. The van der Waals surface area contributed by atoms with Crippen LogP contribution in [0.2, 0.25) is 0 Å². The Balaban J connectivity index is 3.79. The van der Waals surface area contributed by atoms with Crippen LogP contribution in [-0.2, 0) is 38.0 Å². The Morgan fingerprint density at radius 1 is 0.722 bits per heavy atom. The monoisotopic (exact) mass is 266 g/mol. The second-order valence-electron chi connectivity index (χ2n) is 2.94. The van der Waals surface area contributed by atoms with Gasteiger partial charge in [0.2, 0.25) is 0 Å². The second kappa shape index (κ2) is 9.77. The van der Waals surface area contributed by atoms with Gasteiger partial charge in [0.15, 0.2) is 0 Å². The molecule has 106 valence electrons. The molecule has 0 aromatic rings. The third kappa shape index (κ3) is 5.92. The summed E-state index contributed by atoms with van der Waals surface area (Å²) >= 11 is 0. The minimum Gasteiger partial charge on any atom is -0.458 e. The summed E-state index contributed by atoms with van der Waals surface area (Å²) in [7, 11) is 5.21. The van der Waals surface area contributed by atoms with Gasteiger partial charge in [0.1, 0.15) is 13.2 Å². The summed E-state index contributed by atoms with van der Waals surface area (Å²) in [6.45, 7) is -0.234. The van der Waals surface area contributed by atoms with Gasteiger partial charge in [-0.25, -0.2) is 9.59 Å². The van der Waals surface area contributed by atoms with Crippen LogP contribution in [-0.4, -0.2) is 66.2 Å². The Kier molecular flexibility index (Phi) is 9.11. The molecule has 0 atom stereocenters. The van der Waals surface area contributed by atoms with Crippen molar-refractivity contribution in [2.45, 2.75) is 12.6 Å². The van der Waals surface area contributed by atoms with E-state index in [2.05, 4.69) is 18.9 Å². The maximum atomic E-state index is 11.2. The largest absolute Gasteiger partial charge is 0.458 e. The Labute approximate surface area is 105 Å². The third-order valence-electron chi connectivity index (χ3n) is 1.81. The first-order valence-electron chi connectivity index (χ1n) is 5.05. The number of hydrogen-bond acceptors (Lipinski definition) is 8.